The number of aryl methyl sites for hydroxylation is 1. The van der Waals surface area contributed by atoms with E-state index in [1.807, 2.05) is 55.6 Å². The van der Waals surface area contributed by atoms with E-state index in [1.165, 1.54) is 5.56 Å². The SMILES string of the molecule is CC[N+]1=Cc2ncc(NC(C)c3cccc(NC(=O)c4ccc(CN5CCC(O)C5)c(C)c4)c3)nc21. The second-order valence-electron chi connectivity index (χ2n) is 9.64. The smallest absolute Gasteiger partial charge is 0.355 e. The molecule has 8 nitrogen and oxygen atoms in total. The van der Waals surface area contributed by atoms with E-state index in [0.29, 0.717) is 12.1 Å². The number of amides is 1. The number of hydrogen-bond donors (Lipinski definition) is 3. The van der Waals surface area contributed by atoms with Crippen LogP contribution in [0.3, 0.4) is 0 Å². The highest BCUT2D eigenvalue weighted by Crippen LogP contribution is 2.25. The number of aromatic nitrogens is 2. The number of anilines is 2. The average Bonchev–Trinajstić information content (AvgIpc) is 3.27. The van der Waals surface area contributed by atoms with Crippen LogP contribution < -0.4 is 10.6 Å². The lowest BCUT2D eigenvalue weighted by molar-refractivity contribution is -0.447. The third kappa shape index (κ3) is 5.15. The van der Waals surface area contributed by atoms with Crippen LogP contribution in [0.1, 0.15) is 59.1 Å². The van der Waals surface area contributed by atoms with Gasteiger partial charge >= 0.3 is 5.82 Å². The highest BCUT2D eigenvalue weighted by atomic mass is 16.3. The number of carbonyl (C=O) groups is 1. The number of nitrogens with zero attached hydrogens (tertiary/aromatic N) is 4. The largest absolute Gasteiger partial charge is 0.392 e. The third-order valence-corrected chi connectivity index (χ3v) is 6.93. The number of rotatable bonds is 8. The van der Waals surface area contributed by atoms with Gasteiger partial charge in [-0.25, -0.2) is 9.56 Å². The summed E-state index contributed by atoms with van der Waals surface area (Å²) in [4.78, 5) is 24.4. The fourth-order valence-electron chi connectivity index (χ4n) is 4.75. The van der Waals surface area contributed by atoms with Crippen molar-refractivity contribution in [3.8, 4) is 0 Å². The van der Waals surface area contributed by atoms with Crippen LogP contribution >= 0.6 is 0 Å². The Morgan fingerprint density at radius 2 is 2.14 bits per heavy atom. The van der Waals surface area contributed by atoms with E-state index in [9.17, 15) is 9.90 Å². The first-order valence-corrected chi connectivity index (χ1v) is 12.6. The summed E-state index contributed by atoms with van der Waals surface area (Å²) in [5.74, 6) is 1.49. The summed E-state index contributed by atoms with van der Waals surface area (Å²) in [6.07, 6.45) is 4.34. The Labute approximate surface area is 211 Å². The van der Waals surface area contributed by atoms with Gasteiger partial charge in [-0.1, -0.05) is 18.2 Å². The number of benzene rings is 2. The van der Waals surface area contributed by atoms with Crippen molar-refractivity contribution in [1.29, 1.82) is 0 Å². The third-order valence-electron chi connectivity index (χ3n) is 6.93. The second kappa shape index (κ2) is 10.2. The van der Waals surface area contributed by atoms with Gasteiger partial charge in [-0.3, -0.25) is 9.69 Å². The Morgan fingerprint density at radius 3 is 2.89 bits per heavy atom. The molecule has 1 amide bonds. The minimum absolute atomic E-state index is 0.0148. The molecule has 5 rings (SSSR count). The van der Waals surface area contributed by atoms with Gasteiger partial charge < -0.3 is 15.7 Å². The van der Waals surface area contributed by atoms with Crippen LogP contribution in [-0.4, -0.2) is 62.4 Å². The normalized spacial score (nSPS) is 17.7. The molecule has 0 aliphatic carbocycles. The van der Waals surface area contributed by atoms with Crippen LogP contribution in [0.2, 0.25) is 0 Å². The molecule has 8 heteroatoms. The van der Waals surface area contributed by atoms with Crippen LogP contribution in [0.25, 0.3) is 0 Å². The topological polar surface area (TPSA) is 93.4 Å². The van der Waals surface area contributed by atoms with Crippen molar-refractivity contribution in [1.82, 2.24) is 14.9 Å². The van der Waals surface area contributed by atoms with E-state index in [1.54, 1.807) is 6.20 Å². The van der Waals surface area contributed by atoms with Gasteiger partial charge in [0.25, 0.3) is 11.7 Å². The van der Waals surface area contributed by atoms with Crippen molar-refractivity contribution in [2.75, 3.05) is 30.3 Å². The Morgan fingerprint density at radius 1 is 1.28 bits per heavy atom. The van der Waals surface area contributed by atoms with Crippen molar-refractivity contribution < 1.29 is 14.5 Å². The predicted octanol–water partition coefficient (Wildman–Crippen LogP) is 3.87. The summed E-state index contributed by atoms with van der Waals surface area (Å²) < 4.78 is 2.07. The molecule has 1 aromatic heterocycles. The predicted molar refractivity (Wildman–Crippen MR) is 141 cm³/mol. The molecular weight excluding hydrogens is 452 g/mol. The summed E-state index contributed by atoms with van der Waals surface area (Å²) in [6, 6.07) is 13.7. The van der Waals surface area contributed by atoms with E-state index in [-0.39, 0.29) is 18.1 Å². The molecule has 1 fully saturated rings. The lowest BCUT2D eigenvalue weighted by Gasteiger charge is -2.17. The highest BCUT2D eigenvalue weighted by molar-refractivity contribution is 6.04. The molecule has 2 aromatic carbocycles. The molecule has 2 unspecified atom stereocenters. The first-order valence-electron chi connectivity index (χ1n) is 12.6. The summed E-state index contributed by atoms with van der Waals surface area (Å²) in [7, 11) is 0. The van der Waals surface area contributed by atoms with Crippen molar-refractivity contribution in [2.45, 2.75) is 45.9 Å². The molecule has 3 heterocycles. The number of hydrogen-bond acceptors (Lipinski definition) is 6. The fraction of sp³-hybridized carbons (Fsp3) is 0.357. The summed E-state index contributed by atoms with van der Waals surface area (Å²) in [5, 5.41) is 16.2. The summed E-state index contributed by atoms with van der Waals surface area (Å²) >= 11 is 0. The Bertz CT molecular complexity index is 1320. The van der Waals surface area contributed by atoms with Crippen molar-refractivity contribution in [3.63, 3.8) is 0 Å². The van der Waals surface area contributed by atoms with Gasteiger partial charge in [0.05, 0.1) is 24.9 Å². The number of likely N-dealkylation sites (tertiary alicyclic amines) is 1. The maximum absolute atomic E-state index is 13.0. The first kappa shape index (κ1) is 24.1. The molecular formula is C28H33N6O2+. The maximum Gasteiger partial charge on any atom is 0.355 e. The van der Waals surface area contributed by atoms with Crippen LogP contribution in [0.5, 0.6) is 0 Å². The van der Waals surface area contributed by atoms with Crippen LogP contribution in [-0.2, 0) is 6.54 Å². The molecule has 3 aromatic rings. The Balaban J connectivity index is 1.22. The molecule has 0 radical (unpaired) electrons. The molecule has 3 N–H and O–H groups in total. The zero-order valence-corrected chi connectivity index (χ0v) is 21.0. The lowest BCUT2D eigenvalue weighted by Crippen LogP contribution is -2.22. The maximum atomic E-state index is 13.0. The van der Waals surface area contributed by atoms with Gasteiger partial charge in [-0.15, -0.1) is 0 Å². The van der Waals surface area contributed by atoms with Crippen molar-refractivity contribution in [2.24, 2.45) is 0 Å². The molecule has 36 heavy (non-hydrogen) atoms. The van der Waals surface area contributed by atoms with E-state index in [2.05, 4.69) is 43.9 Å². The lowest BCUT2D eigenvalue weighted by atomic mass is 10.0. The molecule has 0 spiro atoms. The standard InChI is InChI=1S/C28H32N6O2/c1-4-34-17-25-27(34)32-26(14-29-25)30-19(3)20-6-5-7-23(13-20)31-28(36)21-8-9-22(18(2)12-21)15-33-11-10-24(35)16-33/h5-9,12-14,17,19,24,35H,4,10-11,15-16H2,1-3H3,(H,31,36)/p+1. The van der Waals surface area contributed by atoms with Gasteiger partial charge in [-0.2, -0.15) is 0 Å². The molecule has 1 saturated heterocycles. The number of aliphatic hydroxyl groups is 1. The number of aliphatic hydroxyl groups excluding tert-OH is 1. The fourth-order valence-corrected chi connectivity index (χ4v) is 4.75. The van der Waals surface area contributed by atoms with E-state index < -0.39 is 0 Å². The van der Waals surface area contributed by atoms with Gasteiger partial charge in [0.15, 0.2) is 5.69 Å². The zero-order valence-electron chi connectivity index (χ0n) is 21.0. The number of fused-ring (bicyclic) bond motifs is 1. The van der Waals surface area contributed by atoms with Crippen molar-refractivity contribution in [3.05, 3.63) is 76.6 Å². The molecule has 0 saturated carbocycles. The first-order chi connectivity index (χ1) is 17.4. The van der Waals surface area contributed by atoms with Gasteiger partial charge in [0.1, 0.15) is 6.21 Å². The van der Waals surface area contributed by atoms with Gasteiger partial charge in [0.2, 0.25) is 0 Å². The number of β-amino-alcohol motifs (C(OH)–C–C–N with tert-alkyl or cyclic N) is 1. The summed E-state index contributed by atoms with van der Waals surface area (Å²) in [6.45, 7) is 9.45. The monoisotopic (exact) mass is 485 g/mol. The van der Waals surface area contributed by atoms with Gasteiger partial charge in [0, 0.05) is 30.9 Å². The number of carbonyl (C=O) groups excluding carboxylic acids is 1. The van der Waals surface area contributed by atoms with Crippen LogP contribution in [0.4, 0.5) is 17.3 Å². The molecule has 186 valence electrons. The second-order valence-corrected chi connectivity index (χ2v) is 9.64. The van der Waals surface area contributed by atoms with Gasteiger partial charge in [-0.05, 0) is 73.1 Å². The Kier molecular flexibility index (Phi) is 6.80. The van der Waals surface area contributed by atoms with E-state index in [4.69, 9.17) is 0 Å². The minimum atomic E-state index is -0.231. The van der Waals surface area contributed by atoms with Crippen LogP contribution in [0, 0.1) is 6.92 Å². The molecule has 2 atom stereocenters. The average molecular weight is 486 g/mol. The molecule has 2 aliphatic rings. The highest BCUT2D eigenvalue weighted by Gasteiger charge is 2.28. The number of nitrogens with one attached hydrogen (secondary N) is 2. The Hall–Kier alpha value is -3.62. The van der Waals surface area contributed by atoms with Crippen LogP contribution in [0.15, 0.2) is 48.7 Å². The van der Waals surface area contributed by atoms with Crippen molar-refractivity contribution >= 4 is 29.4 Å². The molecule has 0 bridgehead atoms. The van der Waals surface area contributed by atoms with E-state index >= 15 is 0 Å². The minimum Gasteiger partial charge on any atom is -0.392 e. The zero-order chi connectivity index (χ0) is 25.2. The van der Waals surface area contributed by atoms with E-state index in [0.717, 1.165) is 60.2 Å². The molecule has 2 aliphatic heterocycles. The quantitative estimate of drug-likeness (QED) is 0.420. The summed E-state index contributed by atoms with van der Waals surface area (Å²) in [5.41, 5.74) is 5.59.